The van der Waals surface area contributed by atoms with E-state index in [2.05, 4.69) is 49.9 Å². The third kappa shape index (κ3) is 11.3. The topological polar surface area (TPSA) is 87.7 Å². The van der Waals surface area contributed by atoms with E-state index in [9.17, 15) is 14.7 Å². The van der Waals surface area contributed by atoms with Crippen molar-refractivity contribution >= 4 is 28.2 Å². The first-order valence-corrected chi connectivity index (χ1v) is 17.2. The lowest BCUT2D eigenvalue weighted by Crippen LogP contribution is -2.51. The summed E-state index contributed by atoms with van der Waals surface area (Å²) in [5.41, 5.74) is 0.929. The maximum absolute atomic E-state index is 12.3. The van der Waals surface area contributed by atoms with E-state index in [1.807, 2.05) is 30.3 Å². The van der Waals surface area contributed by atoms with Crippen molar-refractivity contribution in [2.75, 3.05) is 6.54 Å². The van der Waals surface area contributed by atoms with E-state index < -0.39 is 34.3 Å². The van der Waals surface area contributed by atoms with Crippen molar-refractivity contribution in [2.45, 2.75) is 70.1 Å². The van der Waals surface area contributed by atoms with Gasteiger partial charge in [0.2, 0.25) is 0 Å². The summed E-state index contributed by atoms with van der Waals surface area (Å²) in [7, 11) is -3.00. The van der Waals surface area contributed by atoms with Gasteiger partial charge >= 0.3 is 12.1 Å². The maximum atomic E-state index is 12.3. The number of rotatable bonds is 11. The molecule has 1 amide bonds. The monoisotopic (exact) mass is 424 g/mol. The average molecular weight is 425 g/mol. The molecule has 0 bridgehead atoms. The van der Waals surface area contributed by atoms with Crippen molar-refractivity contribution in [3.05, 3.63) is 35.9 Å². The molecule has 158 valence electrons. The molecule has 0 aliphatic heterocycles. The number of nitrogens with one attached hydrogen (secondary N) is 2. The third-order valence-corrected chi connectivity index (χ3v) is 7.47. The largest absolute Gasteiger partial charge is 0.480 e. The second-order valence-corrected chi connectivity index (χ2v) is 20.8. The highest BCUT2D eigenvalue weighted by molar-refractivity contribution is 6.76. The summed E-state index contributed by atoms with van der Waals surface area (Å²) in [6.45, 7) is 13.8. The molecule has 0 unspecified atom stereocenters. The minimum atomic E-state index is -1.53. The van der Waals surface area contributed by atoms with E-state index in [0.717, 1.165) is 11.6 Å². The number of hydrogen-bond donors (Lipinski definition) is 3. The van der Waals surface area contributed by atoms with E-state index in [1.165, 1.54) is 0 Å². The lowest BCUT2D eigenvalue weighted by Gasteiger charge is -2.28. The Balaban J connectivity index is 2.66. The van der Waals surface area contributed by atoms with Gasteiger partial charge < -0.3 is 20.5 Å². The van der Waals surface area contributed by atoms with Crippen LogP contribution in [0.1, 0.15) is 5.56 Å². The second kappa shape index (κ2) is 10.8. The van der Waals surface area contributed by atoms with Gasteiger partial charge in [-0.1, -0.05) is 69.6 Å². The molecule has 0 fully saturated rings. The average Bonchev–Trinajstić information content (AvgIpc) is 2.55. The van der Waals surface area contributed by atoms with Crippen LogP contribution in [0.4, 0.5) is 4.79 Å². The molecule has 0 saturated heterocycles. The second-order valence-electron chi connectivity index (χ2n) is 9.73. The molecular formula is C20H36N2O4Si2. The van der Waals surface area contributed by atoms with Crippen molar-refractivity contribution in [3.8, 4) is 0 Å². The summed E-state index contributed by atoms with van der Waals surface area (Å²) in [6, 6.07) is 10.3. The zero-order valence-corrected chi connectivity index (χ0v) is 20.0. The first kappa shape index (κ1) is 24.4. The van der Waals surface area contributed by atoms with E-state index >= 15 is 0 Å². The Bertz CT molecular complexity index is 627. The summed E-state index contributed by atoms with van der Waals surface area (Å²) in [4.78, 5) is 23.9. The number of carboxylic acids is 1. The summed E-state index contributed by atoms with van der Waals surface area (Å²) < 4.78 is 5.34. The molecule has 0 spiro atoms. The molecule has 2 atom stereocenters. The van der Waals surface area contributed by atoms with Gasteiger partial charge in [-0.25, -0.2) is 4.79 Å². The van der Waals surface area contributed by atoms with Crippen LogP contribution < -0.4 is 10.6 Å². The number of alkyl carbamates (subject to hydrolysis) is 1. The number of benzene rings is 1. The molecule has 8 heteroatoms. The molecule has 1 aromatic rings. The predicted octanol–water partition coefficient (Wildman–Crippen LogP) is 4.00. The van der Waals surface area contributed by atoms with Crippen LogP contribution in [0.3, 0.4) is 0 Å². The molecule has 1 rings (SSSR count). The minimum absolute atomic E-state index is 0.154. The van der Waals surface area contributed by atoms with Gasteiger partial charge in [0.25, 0.3) is 0 Å². The molecule has 1 aromatic carbocycles. The van der Waals surface area contributed by atoms with Crippen molar-refractivity contribution in [2.24, 2.45) is 0 Å². The Morgan fingerprint density at radius 3 is 2.07 bits per heavy atom. The highest BCUT2D eigenvalue weighted by Gasteiger charge is 2.28. The Hall–Kier alpha value is -1.65. The lowest BCUT2D eigenvalue weighted by atomic mass is 10.2. The first-order chi connectivity index (χ1) is 12.9. The van der Waals surface area contributed by atoms with Crippen LogP contribution in [0, 0.1) is 0 Å². The van der Waals surface area contributed by atoms with Gasteiger partial charge in [0.05, 0.1) is 0 Å². The summed E-state index contributed by atoms with van der Waals surface area (Å²) in [5, 5.41) is 15.6. The highest BCUT2D eigenvalue weighted by atomic mass is 28.3. The maximum Gasteiger partial charge on any atom is 0.407 e. The molecule has 0 aromatic heterocycles. The summed E-state index contributed by atoms with van der Waals surface area (Å²) in [6.07, 6.45) is -0.467. The molecule has 0 aliphatic rings. The van der Waals surface area contributed by atoms with Gasteiger partial charge in [-0.2, -0.15) is 0 Å². The van der Waals surface area contributed by atoms with Gasteiger partial charge in [0.1, 0.15) is 12.6 Å². The Morgan fingerprint density at radius 1 is 1.00 bits per heavy atom. The first-order valence-electron chi connectivity index (χ1n) is 9.79. The molecule has 3 N–H and O–H groups in total. The fourth-order valence-electron chi connectivity index (χ4n) is 2.99. The van der Waals surface area contributed by atoms with Gasteiger partial charge in [0, 0.05) is 28.7 Å². The van der Waals surface area contributed by atoms with E-state index in [1.54, 1.807) is 0 Å². The van der Waals surface area contributed by atoms with Crippen LogP contribution in [-0.4, -0.2) is 51.9 Å². The van der Waals surface area contributed by atoms with Crippen LogP contribution in [0.15, 0.2) is 30.3 Å². The molecule has 28 heavy (non-hydrogen) atoms. The molecule has 0 aliphatic carbocycles. The number of ether oxygens (including phenoxy) is 1. The van der Waals surface area contributed by atoms with Gasteiger partial charge in [0.15, 0.2) is 0 Å². The van der Waals surface area contributed by atoms with Crippen LogP contribution in [0.5, 0.6) is 0 Å². The normalized spacial score (nSPS) is 14.2. The van der Waals surface area contributed by atoms with E-state index in [-0.39, 0.29) is 12.6 Å². The Labute approximate surface area is 171 Å². The summed E-state index contributed by atoms with van der Waals surface area (Å²) in [5.74, 6) is -0.833. The van der Waals surface area contributed by atoms with Crippen molar-refractivity contribution in [1.82, 2.24) is 10.6 Å². The van der Waals surface area contributed by atoms with Crippen LogP contribution in [0.2, 0.25) is 51.4 Å². The number of carbonyl (C=O) groups is 2. The molecule has 0 radical (unpaired) electrons. The highest BCUT2D eigenvalue weighted by Crippen LogP contribution is 2.14. The van der Waals surface area contributed by atoms with Crippen LogP contribution in [-0.2, 0) is 16.1 Å². The van der Waals surface area contributed by atoms with Crippen molar-refractivity contribution in [3.63, 3.8) is 0 Å². The van der Waals surface area contributed by atoms with Crippen molar-refractivity contribution < 1.29 is 19.4 Å². The Kier molecular flexibility index (Phi) is 9.39. The van der Waals surface area contributed by atoms with Gasteiger partial charge in [-0.15, -0.1) is 0 Å². The zero-order chi connectivity index (χ0) is 21.4. The molecular weight excluding hydrogens is 388 g/mol. The van der Waals surface area contributed by atoms with Crippen LogP contribution in [0.25, 0.3) is 0 Å². The standard InChI is InChI=1S/C20H36N2O4Si2/c1-27(2,3)14-17(12-21-18(19(23)24)15-28(4,5)6)22-20(25)26-13-16-10-8-7-9-11-16/h7-11,17-18,21H,12-15H2,1-6H3,(H,22,25)(H,23,24)/t17-,18+/m1/s1. The quantitative estimate of drug-likeness (QED) is 0.467. The number of carboxylic acid groups (broad SMARTS) is 1. The minimum Gasteiger partial charge on any atom is -0.480 e. The van der Waals surface area contributed by atoms with Gasteiger partial charge in [-0.05, 0) is 17.7 Å². The zero-order valence-electron chi connectivity index (χ0n) is 18.0. The SMILES string of the molecule is C[Si](C)(C)C[C@@H](CN[C@@H](C[Si](C)(C)C)C(=O)O)NC(=O)OCc1ccccc1. The number of carbonyl (C=O) groups excluding carboxylic acids is 1. The fourth-order valence-corrected chi connectivity index (χ4v) is 6.26. The van der Waals surface area contributed by atoms with Crippen molar-refractivity contribution in [1.29, 1.82) is 0 Å². The predicted molar refractivity (Wildman–Crippen MR) is 119 cm³/mol. The number of amides is 1. The smallest absolute Gasteiger partial charge is 0.407 e. The number of hydrogen-bond acceptors (Lipinski definition) is 4. The Morgan fingerprint density at radius 2 is 1.57 bits per heavy atom. The third-order valence-electron chi connectivity index (χ3n) is 4.12. The summed E-state index contributed by atoms with van der Waals surface area (Å²) >= 11 is 0. The van der Waals surface area contributed by atoms with E-state index in [0.29, 0.717) is 12.6 Å². The lowest BCUT2D eigenvalue weighted by molar-refractivity contribution is -0.139. The molecule has 0 saturated carbocycles. The number of aliphatic carboxylic acids is 1. The molecule has 6 nitrogen and oxygen atoms in total. The van der Waals surface area contributed by atoms with Crippen LogP contribution >= 0.6 is 0 Å². The van der Waals surface area contributed by atoms with E-state index in [4.69, 9.17) is 4.74 Å². The fraction of sp³-hybridized carbons (Fsp3) is 0.600. The molecule has 0 heterocycles. The van der Waals surface area contributed by atoms with Gasteiger partial charge in [-0.3, -0.25) is 4.79 Å².